The predicted molar refractivity (Wildman–Crippen MR) is 52.5 cm³/mol. The standard InChI is InChI=1S/C10H20N2O/c1-8-6-12-10(13-7-8)5-9-3-2-4-11-9/h8-12H,2-7H2,1H3. The Balaban J connectivity index is 1.69. The largest absolute Gasteiger partial charge is 0.363 e. The van der Waals surface area contributed by atoms with Crippen LogP contribution < -0.4 is 10.6 Å². The van der Waals surface area contributed by atoms with Crippen molar-refractivity contribution in [3.05, 3.63) is 0 Å². The Hall–Kier alpha value is -0.120. The maximum absolute atomic E-state index is 5.70. The summed E-state index contributed by atoms with van der Waals surface area (Å²) in [5.41, 5.74) is 0. The monoisotopic (exact) mass is 184 g/mol. The zero-order valence-electron chi connectivity index (χ0n) is 8.38. The van der Waals surface area contributed by atoms with Gasteiger partial charge in [-0.1, -0.05) is 6.92 Å². The maximum atomic E-state index is 5.70. The van der Waals surface area contributed by atoms with Crippen molar-refractivity contribution < 1.29 is 4.74 Å². The van der Waals surface area contributed by atoms with Crippen LogP contribution in [-0.4, -0.2) is 32.0 Å². The summed E-state index contributed by atoms with van der Waals surface area (Å²) < 4.78 is 5.70. The Morgan fingerprint density at radius 1 is 1.38 bits per heavy atom. The molecule has 0 aliphatic carbocycles. The minimum Gasteiger partial charge on any atom is -0.363 e. The lowest BCUT2D eigenvalue weighted by molar-refractivity contribution is -0.0317. The third-order valence-electron chi connectivity index (χ3n) is 2.94. The molecule has 0 radical (unpaired) electrons. The fraction of sp³-hybridized carbons (Fsp3) is 1.00. The van der Waals surface area contributed by atoms with E-state index in [1.54, 1.807) is 0 Å². The number of ether oxygens (including phenoxy) is 1. The SMILES string of the molecule is CC1CNC(CC2CCCN2)OC1. The van der Waals surface area contributed by atoms with Crippen LogP contribution in [0, 0.1) is 5.92 Å². The fourth-order valence-electron chi connectivity index (χ4n) is 2.10. The second-order valence-corrected chi connectivity index (χ2v) is 4.36. The van der Waals surface area contributed by atoms with Gasteiger partial charge in [-0.05, 0) is 25.3 Å². The van der Waals surface area contributed by atoms with Crippen molar-refractivity contribution in [2.45, 2.75) is 38.5 Å². The molecule has 2 saturated heterocycles. The normalized spacial score (nSPS) is 40.8. The highest BCUT2D eigenvalue weighted by molar-refractivity contribution is 4.78. The molecule has 2 N–H and O–H groups in total. The molecule has 0 bridgehead atoms. The lowest BCUT2D eigenvalue weighted by Gasteiger charge is -2.30. The molecule has 2 aliphatic rings. The zero-order valence-corrected chi connectivity index (χ0v) is 8.38. The van der Waals surface area contributed by atoms with Crippen LogP contribution in [0.25, 0.3) is 0 Å². The molecule has 0 amide bonds. The minimum atomic E-state index is 0.298. The van der Waals surface area contributed by atoms with Gasteiger partial charge in [-0.15, -0.1) is 0 Å². The molecular weight excluding hydrogens is 164 g/mol. The van der Waals surface area contributed by atoms with Gasteiger partial charge in [-0.3, -0.25) is 5.32 Å². The predicted octanol–water partition coefficient (Wildman–Crippen LogP) is 0.710. The van der Waals surface area contributed by atoms with E-state index in [4.69, 9.17) is 4.74 Å². The minimum absolute atomic E-state index is 0.298. The molecule has 2 aliphatic heterocycles. The molecule has 3 unspecified atom stereocenters. The second-order valence-electron chi connectivity index (χ2n) is 4.36. The summed E-state index contributed by atoms with van der Waals surface area (Å²) in [6, 6.07) is 0.686. The molecule has 2 fully saturated rings. The molecule has 3 heteroatoms. The summed E-state index contributed by atoms with van der Waals surface area (Å²) in [6.45, 7) is 5.44. The smallest absolute Gasteiger partial charge is 0.109 e. The maximum Gasteiger partial charge on any atom is 0.109 e. The molecule has 0 aromatic carbocycles. The Morgan fingerprint density at radius 3 is 2.92 bits per heavy atom. The lowest BCUT2D eigenvalue weighted by Crippen LogP contribution is -2.45. The van der Waals surface area contributed by atoms with Crippen LogP contribution in [0.3, 0.4) is 0 Å². The summed E-state index contributed by atoms with van der Waals surface area (Å²) in [7, 11) is 0. The van der Waals surface area contributed by atoms with Crippen LogP contribution in [0.5, 0.6) is 0 Å². The third kappa shape index (κ3) is 2.66. The van der Waals surface area contributed by atoms with Gasteiger partial charge in [0.2, 0.25) is 0 Å². The first-order valence-corrected chi connectivity index (χ1v) is 5.43. The van der Waals surface area contributed by atoms with Crippen molar-refractivity contribution in [1.29, 1.82) is 0 Å². The van der Waals surface area contributed by atoms with Crippen LogP contribution in [0.15, 0.2) is 0 Å². The molecule has 2 heterocycles. The molecule has 3 nitrogen and oxygen atoms in total. The van der Waals surface area contributed by atoms with Crippen LogP contribution in [0.1, 0.15) is 26.2 Å². The lowest BCUT2D eigenvalue weighted by atomic mass is 10.1. The average Bonchev–Trinajstić information content (AvgIpc) is 2.62. The number of rotatable bonds is 2. The first-order chi connectivity index (χ1) is 6.34. The van der Waals surface area contributed by atoms with Gasteiger partial charge in [-0.25, -0.2) is 0 Å². The Morgan fingerprint density at radius 2 is 2.31 bits per heavy atom. The molecule has 0 saturated carbocycles. The quantitative estimate of drug-likeness (QED) is 0.663. The summed E-state index contributed by atoms with van der Waals surface area (Å²) >= 11 is 0. The van der Waals surface area contributed by atoms with E-state index in [-0.39, 0.29) is 0 Å². The number of hydrogen-bond acceptors (Lipinski definition) is 3. The molecule has 2 rings (SSSR count). The van der Waals surface area contributed by atoms with Gasteiger partial charge in [0.05, 0.1) is 6.61 Å². The van der Waals surface area contributed by atoms with Crippen LogP contribution in [0.2, 0.25) is 0 Å². The van der Waals surface area contributed by atoms with Gasteiger partial charge in [0.15, 0.2) is 0 Å². The summed E-state index contributed by atoms with van der Waals surface area (Å²) in [5.74, 6) is 0.674. The topological polar surface area (TPSA) is 33.3 Å². The van der Waals surface area contributed by atoms with Crippen LogP contribution in [-0.2, 0) is 4.74 Å². The highest BCUT2D eigenvalue weighted by Gasteiger charge is 2.23. The van der Waals surface area contributed by atoms with Gasteiger partial charge < -0.3 is 10.1 Å². The zero-order chi connectivity index (χ0) is 9.10. The van der Waals surface area contributed by atoms with Crippen molar-refractivity contribution >= 4 is 0 Å². The van der Waals surface area contributed by atoms with Gasteiger partial charge in [0.1, 0.15) is 6.23 Å². The van der Waals surface area contributed by atoms with E-state index in [9.17, 15) is 0 Å². The van der Waals surface area contributed by atoms with Crippen LogP contribution in [0.4, 0.5) is 0 Å². The average molecular weight is 184 g/mol. The van der Waals surface area contributed by atoms with E-state index < -0.39 is 0 Å². The van der Waals surface area contributed by atoms with Gasteiger partial charge in [0, 0.05) is 19.0 Å². The fourth-order valence-corrected chi connectivity index (χ4v) is 2.10. The van der Waals surface area contributed by atoms with E-state index in [0.29, 0.717) is 18.2 Å². The molecule has 76 valence electrons. The van der Waals surface area contributed by atoms with E-state index in [1.807, 2.05) is 0 Å². The number of nitrogens with one attached hydrogen (secondary N) is 2. The van der Waals surface area contributed by atoms with Crippen molar-refractivity contribution in [3.63, 3.8) is 0 Å². The summed E-state index contributed by atoms with van der Waals surface area (Å²) in [6.07, 6.45) is 4.07. The van der Waals surface area contributed by atoms with Crippen molar-refractivity contribution in [2.24, 2.45) is 5.92 Å². The van der Waals surface area contributed by atoms with Crippen LogP contribution >= 0.6 is 0 Å². The Labute approximate surface area is 80.2 Å². The highest BCUT2D eigenvalue weighted by atomic mass is 16.5. The molecular formula is C10H20N2O. The molecule has 3 atom stereocenters. The van der Waals surface area contributed by atoms with E-state index in [2.05, 4.69) is 17.6 Å². The molecule has 0 spiro atoms. The molecule has 0 aromatic heterocycles. The van der Waals surface area contributed by atoms with Gasteiger partial charge in [-0.2, -0.15) is 0 Å². The Kier molecular flexibility index (Phi) is 3.19. The van der Waals surface area contributed by atoms with E-state index >= 15 is 0 Å². The van der Waals surface area contributed by atoms with Crippen molar-refractivity contribution in [3.8, 4) is 0 Å². The highest BCUT2D eigenvalue weighted by Crippen LogP contribution is 2.14. The molecule has 13 heavy (non-hydrogen) atoms. The van der Waals surface area contributed by atoms with E-state index in [1.165, 1.54) is 19.4 Å². The van der Waals surface area contributed by atoms with Crippen molar-refractivity contribution in [1.82, 2.24) is 10.6 Å². The second kappa shape index (κ2) is 4.40. The first-order valence-electron chi connectivity index (χ1n) is 5.43. The number of hydrogen-bond donors (Lipinski definition) is 2. The van der Waals surface area contributed by atoms with E-state index in [0.717, 1.165) is 19.6 Å². The summed E-state index contributed by atoms with van der Waals surface area (Å²) in [4.78, 5) is 0. The third-order valence-corrected chi connectivity index (χ3v) is 2.94. The van der Waals surface area contributed by atoms with Gasteiger partial charge >= 0.3 is 0 Å². The van der Waals surface area contributed by atoms with Crippen molar-refractivity contribution in [2.75, 3.05) is 19.7 Å². The van der Waals surface area contributed by atoms with Gasteiger partial charge in [0.25, 0.3) is 0 Å². The summed E-state index contributed by atoms with van der Waals surface area (Å²) in [5, 5.41) is 6.93. The first kappa shape index (κ1) is 9.44. The Bertz CT molecular complexity index is 149. The molecule has 0 aromatic rings.